The predicted molar refractivity (Wildman–Crippen MR) is 165 cm³/mol. The van der Waals surface area contributed by atoms with E-state index in [0.717, 1.165) is 16.0 Å². The second-order valence-corrected chi connectivity index (χ2v) is 10.1. The standard InChI is InChI=1S/C33H31N3O4S/c1-3-40-30-15-8-7-14-28(30)35-31(37)22-41-27-18-16-26(17-19-27)34-33(39)29(21-24-11-9-10-23(2)20-24)36-32(38)25-12-5-4-6-13-25/h4-21H,3,22H2,1-2H3,(H,34,39)(H,35,37)(H,36,38)/b29-21-. The van der Waals surface area contributed by atoms with E-state index in [1.807, 2.05) is 74.5 Å². The highest BCUT2D eigenvalue weighted by Crippen LogP contribution is 2.25. The monoisotopic (exact) mass is 565 g/mol. The summed E-state index contributed by atoms with van der Waals surface area (Å²) in [6.07, 6.45) is 1.65. The number of ether oxygens (including phenoxy) is 1. The summed E-state index contributed by atoms with van der Waals surface area (Å²) in [7, 11) is 0. The van der Waals surface area contributed by atoms with Gasteiger partial charge in [0.25, 0.3) is 11.8 Å². The molecule has 0 saturated heterocycles. The van der Waals surface area contributed by atoms with Crippen molar-refractivity contribution < 1.29 is 19.1 Å². The zero-order valence-electron chi connectivity index (χ0n) is 22.8. The number of hydrogen-bond acceptors (Lipinski definition) is 5. The van der Waals surface area contributed by atoms with Crippen LogP contribution >= 0.6 is 11.8 Å². The van der Waals surface area contributed by atoms with Gasteiger partial charge < -0.3 is 20.7 Å². The van der Waals surface area contributed by atoms with Crippen LogP contribution in [-0.2, 0) is 9.59 Å². The number of benzene rings is 4. The lowest BCUT2D eigenvalue weighted by Crippen LogP contribution is -2.30. The number of nitrogens with one attached hydrogen (secondary N) is 3. The van der Waals surface area contributed by atoms with Gasteiger partial charge in [-0.3, -0.25) is 14.4 Å². The topological polar surface area (TPSA) is 96.5 Å². The lowest BCUT2D eigenvalue weighted by molar-refractivity contribution is -0.114. The van der Waals surface area contributed by atoms with Crippen molar-refractivity contribution in [2.75, 3.05) is 23.0 Å². The van der Waals surface area contributed by atoms with Gasteiger partial charge in [-0.15, -0.1) is 11.8 Å². The summed E-state index contributed by atoms with van der Waals surface area (Å²) in [4.78, 5) is 39.5. The number of carbonyl (C=O) groups is 3. The van der Waals surface area contributed by atoms with Gasteiger partial charge >= 0.3 is 0 Å². The Balaban J connectivity index is 1.39. The van der Waals surface area contributed by atoms with Gasteiger partial charge in [0, 0.05) is 16.1 Å². The Bertz CT molecular complexity index is 1540. The molecule has 0 aliphatic heterocycles. The molecule has 3 amide bonds. The first-order chi connectivity index (χ1) is 19.9. The van der Waals surface area contributed by atoms with E-state index in [-0.39, 0.29) is 23.3 Å². The second kappa shape index (κ2) is 14.5. The van der Waals surface area contributed by atoms with Crippen LogP contribution in [-0.4, -0.2) is 30.1 Å². The fourth-order valence-corrected chi connectivity index (χ4v) is 4.59. The van der Waals surface area contributed by atoms with Crippen molar-refractivity contribution in [3.8, 4) is 5.75 Å². The van der Waals surface area contributed by atoms with Crippen LogP contribution in [0, 0.1) is 6.92 Å². The van der Waals surface area contributed by atoms with Crippen molar-refractivity contribution in [2.24, 2.45) is 0 Å². The number of amides is 3. The van der Waals surface area contributed by atoms with E-state index < -0.39 is 5.91 Å². The number of anilines is 2. The summed E-state index contributed by atoms with van der Waals surface area (Å²) in [5.74, 6) is -0.151. The normalized spacial score (nSPS) is 10.9. The molecule has 41 heavy (non-hydrogen) atoms. The van der Waals surface area contributed by atoms with Crippen molar-refractivity contribution in [1.82, 2.24) is 5.32 Å². The predicted octanol–water partition coefficient (Wildman–Crippen LogP) is 6.53. The van der Waals surface area contributed by atoms with Crippen molar-refractivity contribution in [3.05, 3.63) is 126 Å². The Hall–Kier alpha value is -4.82. The first kappa shape index (κ1) is 29.2. The van der Waals surface area contributed by atoms with Gasteiger partial charge in [-0.25, -0.2) is 0 Å². The summed E-state index contributed by atoms with van der Waals surface area (Å²) in [5, 5.41) is 8.49. The third kappa shape index (κ3) is 8.84. The second-order valence-electron chi connectivity index (χ2n) is 9.04. The molecule has 0 heterocycles. The number of para-hydroxylation sites is 2. The molecule has 7 nitrogen and oxygen atoms in total. The zero-order valence-corrected chi connectivity index (χ0v) is 23.7. The number of thioether (sulfide) groups is 1. The first-order valence-corrected chi connectivity index (χ1v) is 14.1. The van der Waals surface area contributed by atoms with E-state index in [0.29, 0.717) is 29.3 Å². The first-order valence-electron chi connectivity index (χ1n) is 13.1. The molecular formula is C33H31N3O4S. The fourth-order valence-electron chi connectivity index (χ4n) is 3.89. The van der Waals surface area contributed by atoms with E-state index in [2.05, 4.69) is 16.0 Å². The van der Waals surface area contributed by atoms with Crippen molar-refractivity contribution in [3.63, 3.8) is 0 Å². The van der Waals surface area contributed by atoms with Crippen LogP contribution in [0.4, 0.5) is 11.4 Å². The van der Waals surface area contributed by atoms with Crippen LogP contribution in [0.3, 0.4) is 0 Å². The molecule has 0 atom stereocenters. The Kier molecular flexibility index (Phi) is 10.3. The third-order valence-corrected chi connectivity index (χ3v) is 6.84. The van der Waals surface area contributed by atoms with Crippen molar-refractivity contribution in [1.29, 1.82) is 0 Å². The van der Waals surface area contributed by atoms with Gasteiger partial charge in [0.15, 0.2) is 0 Å². The molecule has 0 aliphatic carbocycles. The van der Waals surface area contributed by atoms with E-state index in [1.54, 1.807) is 48.5 Å². The summed E-state index contributed by atoms with van der Waals surface area (Å²) in [6.45, 7) is 4.36. The van der Waals surface area contributed by atoms with Gasteiger partial charge in [-0.2, -0.15) is 0 Å². The molecule has 0 fully saturated rings. The Morgan fingerprint density at radius 2 is 1.56 bits per heavy atom. The fraction of sp³-hybridized carbons (Fsp3) is 0.121. The molecular weight excluding hydrogens is 534 g/mol. The lowest BCUT2D eigenvalue weighted by Gasteiger charge is -2.12. The average molecular weight is 566 g/mol. The molecule has 4 rings (SSSR count). The van der Waals surface area contributed by atoms with Crippen LogP contribution in [0.25, 0.3) is 6.08 Å². The molecule has 8 heteroatoms. The molecule has 3 N–H and O–H groups in total. The van der Waals surface area contributed by atoms with E-state index in [9.17, 15) is 14.4 Å². The summed E-state index contributed by atoms with van der Waals surface area (Å²) in [6, 6.07) is 30.9. The molecule has 0 saturated carbocycles. The SMILES string of the molecule is CCOc1ccccc1NC(=O)CSc1ccc(NC(=O)/C(=C/c2cccc(C)c2)NC(=O)c2ccccc2)cc1. The molecule has 0 radical (unpaired) electrons. The maximum absolute atomic E-state index is 13.3. The summed E-state index contributed by atoms with van der Waals surface area (Å²) in [5.41, 5.74) is 3.57. The lowest BCUT2D eigenvalue weighted by atomic mass is 10.1. The maximum atomic E-state index is 13.3. The zero-order chi connectivity index (χ0) is 29.0. The number of rotatable bonds is 11. The van der Waals surface area contributed by atoms with Gasteiger partial charge in [0.05, 0.1) is 18.0 Å². The Labute approximate surface area is 244 Å². The van der Waals surface area contributed by atoms with Gasteiger partial charge in [0.1, 0.15) is 11.4 Å². The highest BCUT2D eigenvalue weighted by molar-refractivity contribution is 8.00. The van der Waals surface area contributed by atoms with E-state index in [4.69, 9.17) is 4.74 Å². The van der Waals surface area contributed by atoms with Gasteiger partial charge in [-0.1, -0.05) is 60.2 Å². The molecule has 0 aromatic heterocycles. The highest BCUT2D eigenvalue weighted by atomic mass is 32.2. The van der Waals surface area contributed by atoms with Crippen LogP contribution in [0.5, 0.6) is 5.75 Å². The smallest absolute Gasteiger partial charge is 0.272 e. The number of aryl methyl sites for hydroxylation is 1. The van der Waals surface area contributed by atoms with E-state index in [1.165, 1.54) is 11.8 Å². The minimum absolute atomic E-state index is 0.118. The molecule has 0 spiro atoms. The van der Waals surface area contributed by atoms with Crippen LogP contribution in [0.2, 0.25) is 0 Å². The molecule has 208 valence electrons. The van der Waals surface area contributed by atoms with Crippen LogP contribution in [0.15, 0.2) is 114 Å². The number of carbonyl (C=O) groups excluding carboxylic acids is 3. The maximum Gasteiger partial charge on any atom is 0.272 e. The van der Waals surface area contributed by atoms with E-state index >= 15 is 0 Å². The molecule has 4 aromatic carbocycles. The molecule has 0 aliphatic rings. The Morgan fingerprint density at radius 1 is 0.829 bits per heavy atom. The van der Waals surface area contributed by atoms with Crippen molar-refractivity contribution in [2.45, 2.75) is 18.7 Å². The van der Waals surface area contributed by atoms with Crippen LogP contribution < -0.4 is 20.7 Å². The molecule has 0 unspecified atom stereocenters. The third-order valence-electron chi connectivity index (χ3n) is 5.83. The number of hydrogen-bond donors (Lipinski definition) is 3. The minimum Gasteiger partial charge on any atom is -0.492 e. The average Bonchev–Trinajstić information content (AvgIpc) is 2.98. The highest BCUT2D eigenvalue weighted by Gasteiger charge is 2.15. The molecule has 0 bridgehead atoms. The van der Waals surface area contributed by atoms with Gasteiger partial charge in [0.2, 0.25) is 5.91 Å². The largest absolute Gasteiger partial charge is 0.492 e. The quantitative estimate of drug-likeness (QED) is 0.142. The minimum atomic E-state index is -0.455. The summed E-state index contributed by atoms with van der Waals surface area (Å²) < 4.78 is 5.56. The summed E-state index contributed by atoms with van der Waals surface area (Å²) >= 11 is 1.38. The van der Waals surface area contributed by atoms with Crippen molar-refractivity contribution >= 4 is 46.9 Å². The van der Waals surface area contributed by atoms with Gasteiger partial charge in [-0.05, 0) is 74.0 Å². The van der Waals surface area contributed by atoms with Crippen LogP contribution in [0.1, 0.15) is 28.4 Å². The Morgan fingerprint density at radius 3 is 2.29 bits per heavy atom. The molecule has 4 aromatic rings.